The van der Waals surface area contributed by atoms with E-state index in [2.05, 4.69) is 20.8 Å². The maximum Gasteiger partial charge on any atom is 0.333 e. The van der Waals surface area contributed by atoms with Crippen LogP contribution < -0.4 is 0 Å². The third-order valence-corrected chi connectivity index (χ3v) is 10.5. The lowest BCUT2D eigenvalue weighted by Crippen LogP contribution is -2.59. The van der Waals surface area contributed by atoms with Crippen LogP contribution in [0.5, 0.6) is 0 Å². The van der Waals surface area contributed by atoms with Crippen LogP contribution in [0.15, 0.2) is 11.6 Å². The largest absolute Gasteiger partial charge is 0.458 e. The molecule has 30 heavy (non-hydrogen) atoms. The lowest BCUT2D eigenvalue weighted by Gasteiger charge is -2.65. The zero-order valence-corrected chi connectivity index (χ0v) is 19.9. The van der Waals surface area contributed by atoms with Crippen LogP contribution in [-0.2, 0) is 14.3 Å². The molecule has 0 saturated heterocycles. The van der Waals surface area contributed by atoms with Crippen molar-refractivity contribution in [2.45, 2.75) is 97.7 Å². The van der Waals surface area contributed by atoms with Gasteiger partial charge in [0.2, 0.25) is 0 Å². The Hall–Kier alpha value is -0.870. The van der Waals surface area contributed by atoms with E-state index in [1.54, 1.807) is 7.11 Å². The normalized spacial score (nSPS) is 47.4. The number of allylic oxidation sites excluding steroid dienone is 1. The summed E-state index contributed by atoms with van der Waals surface area (Å²) in [5.41, 5.74) is 0.928. The van der Waals surface area contributed by atoms with E-state index in [0.717, 1.165) is 19.3 Å². The number of carbonyl (C=O) groups is 1. The van der Waals surface area contributed by atoms with E-state index in [1.165, 1.54) is 32.1 Å². The highest BCUT2D eigenvalue weighted by Gasteiger charge is 2.68. The third-order valence-electron chi connectivity index (χ3n) is 10.5. The van der Waals surface area contributed by atoms with Gasteiger partial charge in [-0.1, -0.05) is 26.8 Å². The van der Waals surface area contributed by atoms with E-state index < -0.39 is 0 Å². The first-order chi connectivity index (χ1) is 14.1. The minimum absolute atomic E-state index is 0.0116. The molecule has 0 radical (unpaired) electrons. The van der Waals surface area contributed by atoms with E-state index >= 15 is 0 Å². The van der Waals surface area contributed by atoms with Gasteiger partial charge < -0.3 is 14.6 Å². The Kier molecular flexibility index (Phi) is 5.46. The summed E-state index contributed by atoms with van der Waals surface area (Å²) >= 11 is 0. The number of esters is 1. The van der Waals surface area contributed by atoms with Crippen LogP contribution in [0.25, 0.3) is 0 Å². The summed E-state index contributed by atoms with van der Waals surface area (Å²) in [5, 5.41) is 10.2. The van der Waals surface area contributed by atoms with Gasteiger partial charge in [0.15, 0.2) is 0 Å². The number of hydrogen-bond donors (Lipinski definition) is 1. The highest BCUT2D eigenvalue weighted by molar-refractivity contribution is 5.87. The summed E-state index contributed by atoms with van der Waals surface area (Å²) in [5.74, 6) is 1.58. The Labute approximate surface area is 182 Å². The molecule has 0 aromatic heterocycles. The molecular formula is C26H42O4. The molecule has 4 saturated carbocycles. The Morgan fingerprint density at radius 2 is 1.83 bits per heavy atom. The second-order valence-corrected chi connectivity index (χ2v) is 11.8. The summed E-state index contributed by atoms with van der Waals surface area (Å²) in [4.78, 5) is 12.5. The van der Waals surface area contributed by atoms with Crippen LogP contribution in [-0.4, -0.2) is 36.5 Å². The van der Waals surface area contributed by atoms with E-state index in [9.17, 15) is 9.90 Å². The van der Waals surface area contributed by atoms with Crippen molar-refractivity contribution < 1.29 is 19.4 Å². The van der Waals surface area contributed by atoms with Gasteiger partial charge in [-0.15, -0.1) is 0 Å². The lowest BCUT2D eigenvalue weighted by molar-refractivity contribution is -0.196. The fourth-order valence-electron chi connectivity index (χ4n) is 8.84. The molecule has 170 valence electrons. The molecule has 0 aliphatic heterocycles. The van der Waals surface area contributed by atoms with Gasteiger partial charge in [0.1, 0.15) is 6.10 Å². The van der Waals surface area contributed by atoms with E-state index in [-0.39, 0.29) is 35.1 Å². The molecule has 4 nitrogen and oxygen atoms in total. The molecule has 0 heterocycles. The number of carbonyl (C=O) groups excluding carboxylic acids is 1. The van der Waals surface area contributed by atoms with Crippen molar-refractivity contribution in [2.24, 2.45) is 34.0 Å². The van der Waals surface area contributed by atoms with Gasteiger partial charge in [-0.25, -0.2) is 4.79 Å². The highest BCUT2D eigenvalue weighted by Crippen LogP contribution is 2.73. The van der Waals surface area contributed by atoms with Gasteiger partial charge in [-0.2, -0.15) is 0 Å². The molecule has 0 amide bonds. The zero-order chi connectivity index (χ0) is 21.9. The van der Waals surface area contributed by atoms with Gasteiger partial charge in [0.05, 0.1) is 12.2 Å². The van der Waals surface area contributed by atoms with Crippen LogP contribution in [0, 0.1) is 34.0 Å². The van der Waals surface area contributed by atoms with E-state index in [4.69, 9.17) is 9.47 Å². The number of ether oxygens (including phenoxy) is 2. The Morgan fingerprint density at radius 3 is 2.47 bits per heavy atom. The van der Waals surface area contributed by atoms with Crippen LogP contribution in [0.3, 0.4) is 0 Å². The standard InChI is InChI=1S/C26H42O4/c1-7-17(2)22(28)30-21-11-12-24(5)19(23(21,3)4)10-13-25-14-18(8-9-20(24)25)26(15-25,16-27)29-6/h7,18-21,27H,8-16H2,1-6H3/b17-7-/t18-,19-,20-,21-,24-,25+,26+/m1/s1. The molecule has 1 spiro atoms. The molecule has 7 atom stereocenters. The first kappa shape index (κ1) is 22.3. The number of hydrogen-bond acceptors (Lipinski definition) is 4. The number of fused-ring (bicyclic) bond motifs is 3. The minimum atomic E-state index is -0.329. The van der Waals surface area contributed by atoms with Gasteiger partial charge in [0.25, 0.3) is 0 Å². The van der Waals surface area contributed by atoms with Crippen LogP contribution >= 0.6 is 0 Å². The molecule has 0 unspecified atom stereocenters. The predicted molar refractivity (Wildman–Crippen MR) is 118 cm³/mol. The maximum absolute atomic E-state index is 12.5. The van der Waals surface area contributed by atoms with Crippen molar-refractivity contribution in [3.05, 3.63) is 11.6 Å². The summed E-state index contributed by atoms with van der Waals surface area (Å²) in [6.07, 6.45) is 11.0. The fraction of sp³-hybridized carbons (Fsp3) is 0.885. The van der Waals surface area contributed by atoms with Crippen molar-refractivity contribution >= 4 is 5.97 Å². The molecule has 4 heteroatoms. The van der Waals surface area contributed by atoms with Crippen molar-refractivity contribution in [3.63, 3.8) is 0 Å². The second-order valence-electron chi connectivity index (χ2n) is 11.8. The number of methoxy groups -OCH3 is 1. The average Bonchev–Trinajstić information content (AvgIpc) is 2.96. The topological polar surface area (TPSA) is 55.8 Å². The fourth-order valence-corrected chi connectivity index (χ4v) is 8.84. The van der Waals surface area contributed by atoms with Gasteiger partial charge in [-0.05, 0) is 93.8 Å². The smallest absolute Gasteiger partial charge is 0.333 e. The summed E-state index contributed by atoms with van der Waals surface area (Å²) < 4.78 is 12.1. The van der Waals surface area contributed by atoms with E-state index in [1.807, 2.05) is 19.9 Å². The highest BCUT2D eigenvalue weighted by atomic mass is 16.5. The molecule has 1 N–H and O–H groups in total. The minimum Gasteiger partial charge on any atom is -0.458 e. The number of aliphatic hydroxyl groups is 1. The van der Waals surface area contributed by atoms with Crippen LogP contribution in [0.1, 0.15) is 86.0 Å². The monoisotopic (exact) mass is 418 g/mol. The molecule has 4 aliphatic carbocycles. The molecule has 4 aliphatic rings. The van der Waals surface area contributed by atoms with Gasteiger partial charge in [-0.3, -0.25) is 0 Å². The van der Waals surface area contributed by atoms with E-state index in [0.29, 0.717) is 28.7 Å². The zero-order valence-electron chi connectivity index (χ0n) is 19.9. The predicted octanol–water partition coefficient (Wildman–Crippen LogP) is 5.28. The first-order valence-corrected chi connectivity index (χ1v) is 12.1. The Bertz CT molecular complexity index is 721. The SMILES string of the molecule is C/C=C(/C)C(=O)O[C@@H]1CC[C@]2(C)[C@H](CC[C@@]34C[C@@H](CC[C@@H]32)[C@](CO)(OC)C4)C1(C)C. The number of rotatable bonds is 4. The van der Waals surface area contributed by atoms with Gasteiger partial charge >= 0.3 is 5.97 Å². The molecular weight excluding hydrogens is 376 g/mol. The quantitative estimate of drug-likeness (QED) is 0.498. The van der Waals surface area contributed by atoms with Crippen molar-refractivity contribution in [1.29, 1.82) is 0 Å². The average molecular weight is 419 g/mol. The molecule has 4 fully saturated rings. The Balaban J connectivity index is 1.61. The molecule has 2 bridgehead atoms. The second kappa shape index (κ2) is 7.33. The van der Waals surface area contributed by atoms with Crippen molar-refractivity contribution in [2.75, 3.05) is 13.7 Å². The summed E-state index contributed by atoms with van der Waals surface area (Å²) in [6.45, 7) is 11.1. The van der Waals surface area contributed by atoms with Crippen LogP contribution in [0.4, 0.5) is 0 Å². The third kappa shape index (κ3) is 2.96. The lowest BCUT2D eigenvalue weighted by atomic mass is 9.41. The molecule has 0 aromatic rings. The maximum atomic E-state index is 12.5. The summed E-state index contributed by atoms with van der Waals surface area (Å²) in [6, 6.07) is 0. The van der Waals surface area contributed by atoms with Crippen LogP contribution in [0.2, 0.25) is 0 Å². The summed E-state index contributed by atoms with van der Waals surface area (Å²) in [7, 11) is 1.80. The van der Waals surface area contributed by atoms with Gasteiger partial charge in [0, 0.05) is 18.1 Å². The number of aliphatic hydroxyl groups excluding tert-OH is 1. The Morgan fingerprint density at radius 1 is 1.10 bits per heavy atom. The van der Waals surface area contributed by atoms with Crippen molar-refractivity contribution in [3.8, 4) is 0 Å². The molecule has 0 aromatic carbocycles. The molecule has 4 rings (SSSR count). The van der Waals surface area contributed by atoms with Crippen molar-refractivity contribution in [1.82, 2.24) is 0 Å². The first-order valence-electron chi connectivity index (χ1n) is 12.1.